The molecule has 0 saturated carbocycles. The molecule has 0 aliphatic rings. The van der Waals surface area contributed by atoms with Crippen LogP contribution >= 0.6 is 34.8 Å². The minimum Gasteiger partial charge on any atom is -0.508 e. The molecule has 1 atom stereocenters. The number of nitrogens with one attached hydrogen (secondary N) is 1. The highest BCUT2D eigenvalue weighted by atomic mass is 35.5. The van der Waals surface area contributed by atoms with Gasteiger partial charge in [-0.1, -0.05) is 60.8 Å². The van der Waals surface area contributed by atoms with Crippen molar-refractivity contribution in [3.8, 4) is 17.2 Å². The molecule has 0 saturated heterocycles. The number of hydrogen-bond acceptors (Lipinski definition) is 5. The summed E-state index contributed by atoms with van der Waals surface area (Å²) in [6.07, 6.45) is 0.0562. The highest BCUT2D eigenvalue weighted by Gasteiger charge is 2.25. The third-order valence-electron chi connectivity index (χ3n) is 4.80. The zero-order valence-electron chi connectivity index (χ0n) is 17.6. The van der Waals surface area contributed by atoms with Crippen LogP contribution in [0.3, 0.4) is 0 Å². The van der Waals surface area contributed by atoms with Crippen LogP contribution in [0.5, 0.6) is 17.2 Å². The lowest BCUT2D eigenvalue weighted by Crippen LogP contribution is -2.32. The Morgan fingerprint density at radius 3 is 2.39 bits per heavy atom. The van der Waals surface area contributed by atoms with E-state index in [9.17, 15) is 19.4 Å². The van der Waals surface area contributed by atoms with E-state index in [0.29, 0.717) is 16.1 Å². The summed E-state index contributed by atoms with van der Waals surface area (Å²) < 4.78 is 20.2. The van der Waals surface area contributed by atoms with Gasteiger partial charge in [0.2, 0.25) is 5.95 Å². The Kier molecular flexibility index (Phi) is 7.89. The van der Waals surface area contributed by atoms with Crippen LogP contribution in [-0.2, 0) is 11.2 Å². The molecule has 0 aliphatic carbocycles. The zero-order chi connectivity index (χ0) is 24.3. The zero-order valence-corrected chi connectivity index (χ0v) is 19.8. The van der Waals surface area contributed by atoms with Gasteiger partial charge >= 0.3 is 5.97 Å². The molecule has 1 unspecified atom stereocenters. The predicted molar refractivity (Wildman–Crippen MR) is 127 cm³/mol. The molecule has 3 N–H and O–H groups in total. The van der Waals surface area contributed by atoms with Gasteiger partial charge in [-0.2, -0.15) is 9.37 Å². The number of halogens is 4. The lowest BCUT2D eigenvalue weighted by molar-refractivity contribution is -0.137. The number of aliphatic carboxylic acids is 1. The molecule has 6 nitrogen and oxygen atoms in total. The number of ether oxygens (including phenoxy) is 1. The van der Waals surface area contributed by atoms with Gasteiger partial charge in [-0.05, 0) is 41.8 Å². The molecule has 0 radical (unpaired) electrons. The average molecular weight is 514 g/mol. The van der Waals surface area contributed by atoms with Crippen LogP contribution in [0.25, 0.3) is 0 Å². The van der Waals surface area contributed by atoms with Gasteiger partial charge in [-0.15, -0.1) is 0 Å². The fourth-order valence-electron chi connectivity index (χ4n) is 3.08. The van der Waals surface area contributed by atoms with Crippen LogP contribution < -0.4 is 10.1 Å². The molecule has 0 aliphatic heterocycles. The van der Waals surface area contributed by atoms with Gasteiger partial charge in [-0.3, -0.25) is 0 Å². The molecule has 0 fully saturated rings. The maximum absolute atomic E-state index is 14.5. The van der Waals surface area contributed by atoms with Crippen molar-refractivity contribution in [1.29, 1.82) is 0 Å². The Morgan fingerprint density at radius 1 is 1.12 bits per heavy atom. The first kappa shape index (κ1) is 24.9. The lowest BCUT2D eigenvalue weighted by Gasteiger charge is -2.19. The molecule has 1 aromatic heterocycles. The molecule has 174 valence electrons. The third-order valence-corrected chi connectivity index (χ3v) is 5.73. The number of carboxylic acids is 1. The first-order chi connectivity index (χ1) is 15.6. The van der Waals surface area contributed by atoms with E-state index in [-0.39, 0.29) is 40.4 Å². The normalized spacial score (nSPS) is 12.0. The van der Waals surface area contributed by atoms with Crippen LogP contribution in [0.4, 0.5) is 10.2 Å². The van der Waals surface area contributed by atoms with E-state index in [2.05, 4.69) is 10.3 Å². The Hall–Kier alpha value is -2.74. The number of carbonyl (C=O) groups is 1. The number of aromatic nitrogens is 1. The van der Waals surface area contributed by atoms with Crippen molar-refractivity contribution in [3.05, 3.63) is 74.6 Å². The number of anilines is 1. The number of pyridine rings is 1. The van der Waals surface area contributed by atoms with E-state index in [4.69, 9.17) is 39.5 Å². The second-order valence-electron chi connectivity index (χ2n) is 7.55. The van der Waals surface area contributed by atoms with E-state index < -0.39 is 23.0 Å². The standard InChI is InChI=1S/C23H20Cl3FN2O4/c1-11(2)15-10-14(7-8-17(15)30)33-20-18(25)21(27)29-22(19(20)26)28-16(23(31)32)9-12-3-5-13(24)6-4-12/h3-8,10-11,16,30H,9H2,1-2H3,(H,28,29)(H,31,32). The number of aromatic hydroxyl groups is 1. The fourth-order valence-corrected chi connectivity index (χ4v) is 3.66. The van der Waals surface area contributed by atoms with E-state index >= 15 is 0 Å². The minimum atomic E-state index is -1.19. The molecule has 10 heteroatoms. The molecule has 0 bridgehead atoms. The van der Waals surface area contributed by atoms with Crippen molar-refractivity contribution in [2.45, 2.75) is 32.2 Å². The van der Waals surface area contributed by atoms with Gasteiger partial charge in [0.05, 0.1) is 0 Å². The largest absolute Gasteiger partial charge is 0.508 e. The number of hydrogen-bond donors (Lipinski definition) is 3. The minimum absolute atomic E-state index is 0.00455. The quantitative estimate of drug-likeness (QED) is 0.283. The molecule has 2 aromatic carbocycles. The SMILES string of the molecule is CC(C)c1cc(Oc2c(Cl)c(F)nc(NC(Cc3ccc(Cl)cc3)C(=O)O)c2Cl)ccc1O. The van der Waals surface area contributed by atoms with E-state index in [1.165, 1.54) is 12.1 Å². The number of phenolic OH excluding ortho intramolecular Hbond substituents is 1. The maximum atomic E-state index is 14.5. The molecular weight excluding hydrogens is 494 g/mol. The van der Waals surface area contributed by atoms with Crippen molar-refractivity contribution in [2.75, 3.05) is 5.32 Å². The summed E-state index contributed by atoms with van der Waals surface area (Å²) in [6, 6.07) is 9.96. The van der Waals surface area contributed by atoms with Crippen LogP contribution in [-0.4, -0.2) is 27.2 Å². The molecule has 0 spiro atoms. The number of phenols is 1. The van der Waals surface area contributed by atoms with Crippen molar-refractivity contribution >= 4 is 46.6 Å². The molecular formula is C23H20Cl3FN2O4. The second kappa shape index (κ2) is 10.5. The van der Waals surface area contributed by atoms with E-state index in [1.807, 2.05) is 13.8 Å². The van der Waals surface area contributed by atoms with Crippen LogP contribution in [0, 0.1) is 5.95 Å². The Bertz CT molecular complexity index is 1170. The summed E-state index contributed by atoms with van der Waals surface area (Å²) in [5, 5.41) is 22.2. The first-order valence-electron chi connectivity index (χ1n) is 9.85. The van der Waals surface area contributed by atoms with E-state index in [1.54, 1.807) is 30.3 Å². The smallest absolute Gasteiger partial charge is 0.326 e. The summed E-state index contributed by atoms with van der Waals surface area (Å²) in [5.74, 6) is -2.41. The van der Waals surface area contributed by atoms with Crippen LogP contribution in [0.2, 0.25) is 15.1 Å². The molecule has 1 heterocycles. The van der Waals surface area contributed by atoms with Crippen LogP contribution in [0.15, 0.2) is 42.5 Å². The highest BCUT2D eigenvalue weighted by Crippen LogP contribution is 2.42. The maximum Gasteiger partial charge on any atom is 0.326 e. The Morgan fingerprint density at radius 2 is 1.79 bits per heavy atom. The predicted octanol–water partition coefficient (Wildman–Crippen LogP) is 6.91. The summed E-state index contributed by atoms with van der Waals surface area (Å²) in [7, 11) is 0. The van der Waals surface area contributed by atoms with Gasteiger partial charge in [0, 0.05) is 17.0 Å². The number of nitrogens with zero attached hydrogens (tertiary/aromatic N) is 1. The van der Waals surface area contributed by atoms with Crippen LogP contribution in [0.1, 0.15) is 30.9 Å². The summed E-state index contributed by atoms with van der Waals surface area (Å²) in [5.41, 5.74) is 1.30. The topological polar surface area (TPSA) is 91.7 Å². The average Bonchev–Trinajstić information content (AvgIpc) is 2.76. The van der Waals surface area contributed by atoms with Gasteiger partial charge in [0.25, 0.3) is 0 Å². The number of rotatable bonds is 8. The number of benzene rings is 2. The first-order valence-corrected chi connectivity index (χ1v) is 11.0. The summed E-state index contributed by atoms with van der Waals surface area (Å²) >= 11 is 18.3. The molecule has 33 heavy (non-hydrogen) atoms. The van der Waals surface area contributed by atoms with Crippen molar-refractivity contribution in [3.63, 3.8) is 0 Å². The van der Waals surface area contributed by atoms with Gasteiger partial charge in [0.15, 0.2) is 11.6 Å². The van der Waals surface area contributed by atoms with Crippen molar-refractivity contribution < 1.29 is 24.1 Å². The van der Waals surface area contributed by atoms with E-state index in [0.717, 1.165) is 0 Å². The molecule has 3 aromatic rings. The highest BCUT2D eigenvalue weighted by molar-refractivity contribution is 6.38. The molecule has 3 rings (SSSR count). The van der Waals surface area contributed by atoms with Gasteiger partial charge in [0.1, 0.15) is 27.6 Å². The van der Waals surface area contributed by atoms with Gasteiger partial charge < -0.3 is 20.3 Å². The monoisotopic (exact) mass is 512 g/mol. The van der Waals surface area contributed by atoms with Gasteiger partial charge in [-0.25, -0.2) is 4.79 Å². The lowest BCUT2D eigenvalue weighted by atomic mass is 10.0. The fraction of sp³-hybridized carbons (Fsp3) is 0.217. The van der Waals surface area contributed by atoms with Crippen molar-refractivity contribution in [1.82, 2.24) is 4.98 Å². The summed E-state index contributed by atoms with van der Waals surface area (Å²) in [6.45, 7) is 3.78. The molecule has 0 amide bonds. The number of carboxylic acid groups (broad SMARTS) is 1. The van der Waals surface area contributed by atoms with Crippen molar-refractivity contribution in [2.24, 2.45) is 0 Å². The Labute approximate surface area is 204 Å². The second-order valence-corrected chi connectivity index (χ2v) is 8.74. The third kappa shape index (κ3) is 5.99. The Balaban J connectivity index is 1.93. The summed E-state index contributed by atoms with van der Waals surface area (Å²) in [4.78, 5) is 15.5.